The zero-order valence-electron chi connectivity index (χ0n) is 13.2. The van der Waals surface area contributed by atoms with Crippen molar-refractivity contribution in [1.29, 1.82) is 0 Å². The van der Waals surface area contributed by atoms with E-state index < -0.39 is 23.4 Å². The Hall–Kier alpha value is -3.17. The second-order valence-corrected chi connectivity index (χ2v) is 4.45. The Balaban J connectivity index is 2.64. The minimum Gasteiger partial charge on any atom is -0.496 e. The van der Waals surface area contributed by atoms with Gasteiger partial charge < -0.3 is 20.1 Å². The van der Waals surface area contributed by atoms with Gasteiger partial charge >= 0.3 is 5.97 Å². The fourth-order valence-electron chi connectivity index (χ4n) is 1.67. The summed E-state index contributed by atoms with van der Waals surface area (Å²) in [4.78, 5) is 44.7. The van der Waals surface area contributed by atoms with E-state index in [2.05, 4.69) is 10.6 Å². The first-order valence-electron chi connectivity index (χ1n) is 6.92. The van der Waals surface area contributed by atoms with E-state index in [4.69, 9.17) is 9.47 Å². The second kappa shape index (κ2) is 9.08. The van der Waals surface area contributed by atoms with Crippen LogP contribution in [0.15, 0.2) is 18.2 Å². The fourth-order valence-corrected chi connectivity index (χ4v) is 1.67. The quantitative estimate of drug-likeness (QED) is 0.387. The van der Waals surface area contributed by atoms with Crippen molar-refractivity contribution >= 4 is 23.5 Å². The summed E-state index contributed by atoms with van der Waals surface area (Å²) in [6.07, 6.45) is 0. The number of carbonyl (C=O) groups excluding carboxylic acids is 3. The van der Waals surface area contributed by atoms with Gasteiger partial charge in [0.25, 0.3) is 11.6 Å². The Morgan fingerprint density at radius 2 is 1.92 bits per heavy atom. The van der Waals surface area contributed by atoms with Crippen molar-refractivity contribution < 1.29 is 28.8 Å². The molecular weight excluding hydrogens is 322 g/mol. The highest BCUT2D eigenvalue weighted by molar-refractivity contribution is 5.95. The van der Waals surface area contributed by atoms with Gasteiger partial charge in [0.05, 0.1) is 18.6 Å². The maximum atomic E-state index is 12.0. The van der Waals surface area contributed by atoms with Crippen LogP contribution in [0.3, 0.4) is 0 Å². The molecule has 2 N–H and O–H groups in total. The van der Waals surface area contributed by atoms with Crippen LogP contribution in [0.5, 0.6) is 5.75 Å². The molecule has 0 aliphatic rings. The number of nitro benzene ring substituents is 1. The summed E-state index contributed by atoms with van der Waals surface area (Å²) >= 11 is 0. The predicted octanol–water partition coefficient (Wildman–Crippen LogP) is 0.0125. The van der Waals surface area contributed by atoms with E-state index in [1.807, 2.05) is 0 Å². The van der Waals surface area contributed by atoms with Crippen LogP contribution in [0.1, 0.15) is 17.3 Å². The van der Waals surface area contributed by atoms with Crippen LogP contribution >= 0.6 is 0 Å². The number of carbonyl (C=O) groups is 3. The molecule has 0 saturated carbocycles. The van der Waals surface area contributed by atoms with Gasteiger partial charge in [0.1, 0.15) is 11.3 Å². The molecule has 24 heavy (non-hydrogen) atoms. The standard InChI is InChI=1S/C14H17N3O7/c1-3-15-12(18)7-16-13(19)8-24-14(20)10-6-9(17(21)22)4-5-11(10)23-2/h4-6H,3,7-8H2,1-2H3,(H,15,18)(H,16,19). The Kier molecular flexibility index (Phi) is 7.14. The van der Waals surface area contributed by atoms with Crippen LogP contribution in [0, 0.1) is 10.1 Å². The van der Waals surface area contributed by atoms with Crippen LogP contribution in [-0.4, -0.2) is 49.5 Å². The van der Waals surface area contributed by atoms with Gasteiger partial charge in [-0.2, -0.15) is 0 Å². The average molecular weight is 339 g/mol. The van der Waals surface area contributed by atoms with Gasteiger partial charge in [-0.15, -0.1) is 0 Å². The number of rotatable bonds is 8. The van der Waals surface area contributed by atoms with Crippen molar-refractivity contribution in [2.45, 2.75) is 6.92 Å². The molecule has 2 amide bonds. The molecule has 0 heterocycles. The van der Waals surface area contributed by atoms with Crippen molar-refractivity contribution in [3.63, 3.8) is 0 Å². The van der Waals surface area contributed by atoms with E-state index >= 15 is 0 Å². The van der Waals surface area contributed by atoms with E-state index in [0.717, 1.165) is 6.07 Å². The molecule has 10 nitrogen and oxygen atoms in total. The maximum Gasteiger partial charge on any atom is 0.342 e. The molecular formula is C14H17N3O7. The van der Waals surface area contributed by atoms with Crippen molar-refractivity contribution in [2.24, 2.45) is 0 Å². The number of benzene rings is 1. The number of methoxy groups -OCH3 is 1. The third-order valence-corrected chi connectivity index (χ3v) is 2.77. The van der Waals surface area contributed by atoms with Crippen molar-refractivity contribution in [3.8, 4) is 5.75 Å². The summed E-state index contributed by atoms with van der Waals surface area (Å²) in [7, 11) is 1.29. The lowest BCUT2D eigenvalue weighted by molar-refractivity contribution is -0.384. The predicted molar refractivity (Wildman–Crippen MR) is 81.6 cm³/mol. The molecule has 1 aromatic carbocycles. The van der Waals surface area contributed by atoms with Crippen molar-refractivity contribution in [3.05, 3.63) is 33.9 Å². The maximum absolute atomic E-state index is 12.0. The van der Waals surface area contributed by atoms with E-state index in [1.54, 1.807) is 6.92 Å². The number of nitro groups is 1. The first-order valence-corrected chi connectivity index (χ1v) is 6.92. The van der Waals surface area contributed by atoms with Crippen LogP contribution in [0.25, 0.3) is 0 Å². The number of hydrogen-bond acceptors (Lipinski definition) is 7. The summed E-state index contributed by atoms with van der Waals surface area (Å²) < 4.78 is 9.71. The third kappa shape index (κ3) is 5.55. The molecule has 0 aliphatic carbocycles. The first kappa shape index (κ1) is 18.9. The highest BCUT2D eigenvalue weighted by atomic mass is 16.6. The molecule has 0 atom stereocenters. The first-order chi connectivity index (χ1) is 11.4. The van der Waals surface area contributed by atoms with Gasteiger partial charge in [-0.3, -0.25) is 19.7 Å². The number of amides is 2. The summed E-state index contributed by atoms with van der Waals surface area (Å²) in [5.74, 6) is -1.94. The molecule has 0 unspecified atom stereocenters. The summed E-state index contributed by atoms with van der Waals surface area (Å²) in [5, 5.41) is 15.5. The Labute approximate surface area is 137 Å². The molecule has 0 aromatic heterocycles. The van der Waals surface area contributed by atoms with Crippen LogP contribution in [-0.2, 0) is 14.3 Å². The lowest BCUT2D eigenvalue weighted by atomic mass is 10.2. The number of hydrogen-bond donors (Lipinski definition) is 2. The fraction of sp³-hybridized carbons (Fsp3) is 0.357. The number of esters is 1. The molecule has 0 bridgehead atoms. The molecule has 130 valence electrons. The monoisotopic (exact) mass is 339 g/mol. The Morgan fingerprint density at radius 1 is 1.21 bits per heavy atom. The lowest BCUT2D eigenvalue weighted by Gasteiger charge is -2.09. The second-order valence-electron chi connectivity index (χ2n) is 4.45. The van der Waals surface area contributed by atoms with Gasteiger partial charge in [-0.1, -0.05) is 0 Å². The molecule has 0 saturated heterocycles. The number of non-ortho nitro benzene ring substituents is 1. The SMILES string of the molecule is CCNC(=O)CNC(=O)COC(=O)c1cc([N+](=O)[O-])ccc1OC. The molecule has 1 aromatic rings. The molecule has 0 spiro atoms. The molecule has 10 heteroatoms. The van der Waals surface area contributed by atoms with Gasteiger partial charge in [-0.05, 0) is 13.0 Å². The summed E-state index contributed by atoms with van der Waals surface area (Å²) in [6, 6.07) is 3.42. The number of likely N-dealkylation sites (N-methyl/N-ethyl adjacent to an activating group) is 1. The third-order valence-electron chi connectivity index (χ3n) is 2.77. The van der Waals surface area contributed by atoms with Gasteiger partial charge in [0.15, 0.2) is 6.61 Å². The smallest absolute Gasteiger partial charge is 0.342 e. The minimum atomic E-state index is -0.955. The van der Waals surface area contributed by atoms with Gasteiger partial charge in [-0.25, -0.2) is 4.79 Å². The Morgan fingerprint density at radius 3 is 2.50 bits per heavy atom. The van der Waals surface area contributed by atoms with Crippen molar-refractivity contribution in [1.82, 2.24) is 10.6 Å². The topological polar surface area (TPSA) is 137 Å². The number of nitrogens with zero attached hydrogens (tertiary/aromatic N) is 1. The van der Waals surface area contributed by atoms with Crippen LogP contribution in [0.2, 0.25) is 0 Å². The van der Waals surface area contributed by atoms with E-state index in [-0.39, 0.29) is 29.5 Å². The summed E-state index contributed by atoms with van der Waals surface area (Å²) in [6.45, 7) is 1.28. The highest BCUT2D eigenvalue weighted by Crippen LogP contribution is 2.24. The number of nitrogens with one attached hydrogen (secondary N) is 2. The molecule has 0 fully saturated rings. The average Bonchev–Trinajstić information content (AvgIpc) is 2.57. The molecule has 0 radical (unpaired) electrons. The largest absolute Gasteiger partial charge is 0.496 e. The molecule has 0 aliphatic heterocycles. The minimum absolute atomic E-state index is 0.0772. The van der Waals surface area contributed by atoms with E-state index in [9.17, 15) is 24.5 Å². The highest BCUT2D eigenvalue weighted by Gasteiger charge is 2.19. The van der Waals surface area contributed by atoms with Crippen LogP contribution in [0.4, 0.5) is 5.69 Å². The number of ether oxygens (including phenoxy) is 2. The van der Waals surface area contributed by atoms with Crippen molar-refractivity contribution in [2.75, 3.05) is 26.8 Å². The van der Waals surface area contributed by atoms with E-state index in [0.29, 0.717) is 6.54 Å². The zero-order chi connectivity index (χ0) is 18.1. The van der Waals surface area contributed by atoms with E-state index in [1.165, 1.54) is 19.2 Å². The normalized spacial score (nSPS) is 9.75. The summed E-state index contributed by atoms with van der Waals surface area (Å²) in [5.41, 5.74) is -0.494. The lowest BCUT2D eigenvalue weighted by Crippen LogP contribution is -2.38. The van der Waals surface area contributed by atoms with Gasteiger partial charge in [0.2, 0.25) is 5.91 Å². The zero-order valence-corrected chi connectivity index (χ0v) is 13.2. The van der Waals surface area contributed by atoms with Crippen LogP contribution < -0.4 is 15.4 Å². The Bertz CT molecular complexity index is 645. The van der Waals surface area contributed by atoms with Gasteiger partial charge in [0, 0.05) is 18.7 Å². The molecule has 1 rings (SSSR count).